The van der Waals surface area contributed by atoms with E-state index in [1.54, 1.807) is 11.9 Å². The van der Waals surface area contributed by atoms with Crippen LogP contribution in [0.5, 0.6) is 0 Å². The molecule has 1 atom stereocenters. The summed E-state index contributed by atoms with van der Waals surface area (Å²) < 4.78 is 52.0. The van der Waals surface area contributed by atoms with E-state index >= 15 is 0 Å². The van der Waals surface area contributed by atoms with Gasteiger partial charge in [0.15, 0.2) is 5.67 Å². The standard InChI is InChI=1S/C17H26FN3O3.C2HF3O2/c1-19-14(22)13-8-24-16(9-20(13)7-12-3-4-12)10-21(11-16)15(23)17(18)5-2-6-17;3-2(4,5)1(6)7/h12-13H,2-11H2,1H3,(H,19,22);(H,6,7). The molecular weight excluding hydrogens is 426 g/mol. The summed E-state index contributed by atoms with van der Waals surface area (Å²) in [4.78, 5) is 37.1. The summed E-state index contributed by atoms with van der Waals surface area (Å²) in [5, 5.41) is 9.83. The molecule has 4 fully saturated rings. The number of carbonyl (C=O) groups is 3. The number of amides is 2. The minimum Gasteiger partial charge on any atom is -0.475 e. The fourth-order valence-electron chi connectivity index (χ4n) is 4.09. The second-order valence-electron chi connectivity index (χ2n) is 8.78. The van der Waals surface area contributed by atoms with E-state index < -0.39 is 23.4 Å². The lowest BCUT2D eigenvalue weighted by molar-refractivity contribution is -0.211. The third kappa shape index (κ3) is 5.28. The third-order valence-corrected chi connectivity index (χ3v) is 6.24. The van der Waals surface area contributed by atoms with Crippen LogP contribution in [0.2, 0.25) is 0 Å². The molecule has 2 aliphatic carbocycles. The zero-order valence-electron chi connectivity index (χ0n) is 17.2. The van der Waals surface area contributed by atoms with Crippen LogP contribution in [0.25, 0.3) is 0 Å². The fourth-order valence-corrected chi connectivity index (χ4v) is 4.09. The van der Waals surface area contributed by atoms with Crippen LogP contribution in [0.3, 0.4) is 0 Å². The molecule has 0 aromatic carbocycles. The van der Waals surface area contributed by atoms with Gasteiger partial charge in [-0.25, -0.2) is 9.18 Å². The van der Waals surface area contributed by atoms with Crippen LogP contribution in [0, 0.1) is 5.92 Å². The number of aliphatic carboxylic acids is 1. The molecule has 4 aliphatic rings. The predicted molar refractivity (Wildman–Crippen MR) is 98.8 cm³/mol. The van der Waals surface area contributed by atoms with Crippen LogP contribution in [0.15, 0.2) is 0 Å². The van der Waals surface area contributed by atoms with Gasteiger partial charge in [0.25, 0.3) is 5.91 Å². The van der Waals surface area contributed by atoms with Crippen molar-refractivity contribution in [1.29, 1.82) is 0 Å². The molecule has 0 aromatic rings. The number of alkyl halides is 4. The first-order chi connectivity index (χ1) is 14.4. The number of carboxylic acids is 1. The lowest BCUT2D eigenvalue weighted by atomic mass is 9.79. The van der Waals surface area contributed by atoms with E-state index in [4.69, 9.17) is 14.6 Å². The number of nitrogens with zero attached hydrogens (tertiary/aromatic N) is 2. The highest BCUT2D eigenvalue weighted by atomic mass is 19.4. The summed E-state index contributed by atoms with van der Waals surface area (Å²) in [6.07, 6.45) is -1.15. The maximum atomic E-state index is 14.3. The van der Waals surface area contributed by atoms with E-state index in [1.165, 1.54) is 12.8 Å². The minimum atomic E-state index is -5.08. The number of carbonyl (C=O) groups excluding carboxylic acids is 2. The SMILES string of the molecule is CNC(=O)C1COC2(CN(C(=O)C3(F)CCC3)C2)CN1CC1CC1.O=C(O)C(F)(F)F. The largest absolute Gasteiger partial charge is 0.490 e. The molecule has 2 heterocycles. The van der Waals surface area contributed by atoms with Crippen molar-refractivity contribution in [2.45, 2.75) is 55.6 Å². The Morgan fingerprint density at radius 3 is 2.16 bits per heavy atom. The van der Waals surface area contributed by atoms with Gasteiger partial charge in [-0.3, -0.25) is 14.5 Å². The molecule has 2 saturated carbocycles. The number of hydrogen-bond acceptors (Lipinski definition) is 5. The highest BCUT2D eigenvalue weighted by molar-refractivity contribution is 5.87. The van der Waals surface area contributed by atoms with Gasteiger partial charge in [-0.2, -0.15) is 13.2 Å². The Labute approximate surface area is 176 Å². The van der Waals surface area contributed by atoms with Crippen molar-refractivity contribution in [3.63, 3.8) is 0 Å². The lowest BCUT2D eigenvalue weighted by Gasteiger charge is -2.56. The van der Waals surface area contributed by atoms with E-state index in [9.17, 15) is 27.2 Å². The Bertz CT molecular complexity index is 718. The summed E-state index contributed by atoms with van der Waals surface area (Å²) in [6, 6.07) is -0.259. The number of likely N-dealkylation sites (N-methyl/N-ethyl adjacent to an activating group) is 1. The van der Waals surface area contributed by atoms with Crippen molar-refractivity contribution in [3.8, 4) is 0 Å². The molecule has 12 heteroatoms. The predicted octanol–water partition coefficient (Wildman–Crippen LogP) is 0.950. The second-order valence-corrected chi connectivity index (χ2v) is 8.78. The summed E-state index contributed by atoms with van der Waals surface area (Å²) in [6.45, 7) is 2.78. The summed E-state index contributed by atoms with van der Waals surface area (Å²) in [7, 11) is 1.64. The van der Waals surface area contributed by atoms with Gasteiger partial charge in [-0.1, -0.05) is 0 Å². The summed E-state index contributed by atoms with van der Waals surface area (Å²) in [5.74, 6) is -2.47. The first kappa shape index (κ1) is 23.7. The first-order valence-corrected chi connectivity index (χ1v) is 10.3. The van der Waals surface area contributed by atoms with Gasteiger partial charge < -0.3 is 20.1 Å². The number of ether oxygens (including phenoxy) is 1. The number of rotatable bonds is 4. The van der Waals surface area contributed by atoms with Crippen LogP contribution in [0.1, 0.15) is 32.1 Å². The van der Waals surface area contributed by atoms with E-state index in [2.05, 4.69) is 10.2 Å². The zero-order valence-corrected chi connectivity index (χ0v) is 17.2. The number of nitrogens with one attached hydrogen (secondary N) is 1. The molecule has 31 heavy (non-hydrogen) atoms. The van der Waals surface area contributed by atoms with Gasteiger partial charge in [0.2, 0.25) is 5.91 Å². The third-order valence-electron chi connectivity index (χ3n) is 6.24. The Kier molecular flexibility index (Phi) is 6.52. The number of likely N-dealkylation sites (tertiary alicyclic amines) is 1. The molecule has 1 spiro atoms. The Hall–Kier alpha value is -1.95. The van der Waals surface area contributed by atoms with Crippen molar-refractivity contribution < 1.29 is 41.8 Å². The molecule has 1 unspecified atom stereocenters. The highest BCUT2D eigenvalue weighted by Gasteiger charge is 2.57. The quantitative estimate of drug-likeness (QED) is 0.615. The maximum Gasteiger partial charge on any atom is 0.490 e. The van der Waals surface area contributed by atoms with Crippen LogP contribution >= 0.6 is 0 Å². The molecular formula is C19H27F4N3O5. The van der Waals surface area contributed by atoms with Crippen LogP contribution in [0.4, 0.5) is 17.6 Å². The van der Waals surface area contributed by atoms with Gasteiger partial charge in [0.1, 0.15) is 11.6 Å². The molecule has 2 aliphatic heterocycles. The molecule has 4 rings (SSSR count). The number of carboxylic acid groups (broad SMARTS) is 1. The molecule has 2 amide bonds. The summed E-state index contributed by atoms with van der Waals surface area (Å²) >= 11 is 0. The van der Waals surface area contributed by atoms with E-state index in [-0.39, 0.29) is 17.9 Å². The van der Waals surface area contributed by atoms with Gasteiger partial charge in [-0.15, -0.1) is 0 Å². The monoisotopic (exact) mass is 453 g/mol. The molecule has 0 aromatic heterocycles. The van der Waals surface area contributed by atoms with Crippen molar-refractivity contribution in [1.82, 2.24) is 15.1 Å². The normalized spacial score (nSPS) is 26.7. The zero-order chi connectivity index (χ0) is 23.0. The van der Waals surface area contributed by atoms with Gasteiger partial charge in [0, 0.05) is 20.1 Å². The Balaban J connectivity index is 0.000000339. The van der Waals surface area contributed by atoms with E-state index in [0.717, 1.165) is 13.0 Å². The van der Waals surface area contributed by atoms with E-state index in [1.807, 2.05) is 0 Å². The van der Waals surface area contributed by atoms with E-state index in [0.29, 0.717) is 45.0 Å². The number of halogens is 4. The molecule has 176 valence electrons. The van der Waals surface area contributed by atoms with Crippen molar-refractivity contribution >= 4 is 17.8 Å². The Morgan fingerprint density at radius 2 is 1.74 bits per heavy atom. The molecule has 2 saturated heterocycles. The smallest absolute Gasteiger partial charge is 0.475 e. The van der Waals surface area contributed by atoms with Gasteiger partial charge >= 0.3 is 12.1 Å². The lowest BCUT2D eigenvalue weighted by Crippen LogP contribution is -2.75. The molecule has 8 nitrogen and oxygen atoms in total. The molecule has 2 N–H and O–H groups in total. The number of morpholine rings is 1. The van der Waals surface area contributed by atoms with Crippen molar-refractivity contribution in [3.05, 3.63) is 0 Å². The van der Waals surface area contributed by atoms with Gasteiger partial charge in [-0.05, 0) is 38.0 Å². The average Bonchev–Trinajstić information content (AvgIpc) is 3.46. The second kappa shape index (κ2) is 8.53. The molecule has 0 radical (unpaired) electrons. The van der Waals surface area contributed by atoms with Crippen molar-refractivity contribution in [2.75, 3.05) is 39.8 Å². The van der Waals surface area contributed by atoms with Crippen LogP contribution < -0.4 is 5.32 Å². The molecule has 0 bridgehead atoms. The topological polar surface area (TPSA) is 99.2 Å². The van der Waals surface area contributed by atoms with Crippen LogP contribution in [-0.2, 0) is 19.1 Å². The number of hydrogen-bond donors (Lipinski definition) is 2. The minimum absolute atomic E-state index is 0.0186. The fraction of sp³-hybridized carbons (Fsp3) is 0.842. The van der Waals surface area contributed by atoms with Gasteiger partial charge in [0.05, 0.1) is 19.7 Å². The highest BCUT2D eigenvalue weighted by Crippen LogP contribution is 2.41. The maximum absolute atomic E-state index is 14.3. The summed E-state index contributed by atoms with van der Waals surface area (Å²) in [5.41, 5.74) is -2.05. The first-order valence-electron chi connectivity index (χ1n) is 10.3. The Morgan fingerprint density at radius 1 is 1.16 bits per heavy atom. The average molecular weight is 453 g/mol. The van der Waals surface area contributed by atoms with Crippen LogP contribution in [-0.4, -0.2) is 96.0 Å². The van der Waals surface area contributed by atoms with Crippen molar-refractivity contribution in [2.24, 2.45) is 5.92 Å².